The third-order valence-corrected chi connectivity index (χ3v) is 5.06. The van der Waals surface area contributed by atoms with Gasteiger partial charge < -0.3 is 15.4 Å². The van der Waals surface area contributed by atoms with Crippen LogP contribution >= 0.6 is 0 Å². The Morgan fingerprint density at radius 1 is 1.08 bits per heavy atom. The topological polar surface area (TPSA) is 50.4 Å². The lowest BCUT2D eigenvalue weighted by Gasteiger charge is -2.40. The summed E-state index contributed by atoms with van der Waals surface area (Å²) < 4.78 is 5.16. The highest BCUT2D eigenvalue weighted by atomic mass is 16.5. The predicted molar refractivity (Wildman–Crippen MR) is 94.9 cm³/mol. The highest BCUT2D eigenvalue weighted by molar-refractivity contribution is 5.78. The van der Waals surface area contributed by atoms with Crippen LogP contribution in [0.4, 0.5) is 11.4 Å². The first kappa shape index (κ1) is 15.1. The second-order valence-electron chi connectivity index (χ2n) is 6.63. The molecule has 2 unspecified atom stereocenters. The highest BCUT2D eigenvalue weighted by Crippen LogP contribution is 2.47. The van der Waals surface area contributed by atoms with E-state index in [0.717, 1.165) is 16.9 Å². The molecule has 124 valence electrons. The number of carbonyl (C=O) groups is 1. The van der Waals surface area contributed by atoms with Gasteiger partial charge in [0.15, 0.2) is 0 Å². The van der Waals surface area contributed by atoms with Gasteiger partial charge in [0.2, 0.25) is 0 Å². The van der Waals surface area contributed by atoms with Crippen LogP contribution in [0, 0.1) is 11.8 Å². The average molecular weight is 322 g/mol. The third kappa shape index (κ3) is 2.73. The lowest BCUT2D eigenvalue weighted by atomic mass is 9.80. The monoisotopic (exact) mass is 322 g/mol. The van der Waals surface area contributed by atoms with Gasteiger partial charge in [0.05, 0.1) is 13.2 Å². The third-order valence-electron chi connectivity index (χ3n) is 5.06. The molecule has 0 radical (unpaired) electrons. The zero-order chi connectivity index (χ0) is 16.5. The van der Waals surface area contributed by atoms with Gasteiger partial charge in [-0.15, -0.1) is 0 Å². The van der Waals surface area contributed by atoms with E-state index in [1.165, 1.54) is 20.0 Å². The summed E-state index contributed by atoms with van der Waals surface area (Å²) >= 11 is 0. The van der Waals surface area contributed by atoms with Crippen molar-refractivity contribution in [2.24, 2.45) is 11.8 Å². The van der Waals surface area contributed by atoms with Gasteiger partial charge in [0.25, 0.3) is 0 Å². The first-order valence-corrected chi connectivity index (χ1v) is 8.53. The Hall–Kier alpha value is -2.49. The van der Waals surface area contributed by atoms with Crippen LogP contribution in [0.15, 0.2) is 54.6 Å². The van der Waals surface area contributed by atoms with Crippen molar-refractivity contribution in [3.63, 3.8) is 0 Å². The van der Waals surface area contributed by atoms with E-state index in [4.69, 9.17) is 4.74 Å². The van der Waals surface area contributed by atoms with Crippen LogP contribution in [0.25, 0.3) is 0 Å². The van der Waals surface area contributed by atoms with Gasteiger partial charge in [0, 0.05) is 17.4 Å². The molecule has 1 saturated carbocycles. The van der Waals surface area contributed by atoms with E-state index in [-0.39, 0.29) is 24.0 Å². The van der Waals surface area contributed by atoms with Crippen LogP contribution < -0.4 is 10.6 Å². The van der Waals surface area contributed by atoms with Crippen molar-refractivity contribution in [3.8, 4) is 0 Å². The van der Waals surface area contributed by atoms with Crippen molar-refractivity contribution >= 4 is 17.3 Å². The summed E-state index contributed by atoms with van der Waals surface area (Å²) in [5.41, 5.74) is 3.25. The summed E-state index contributed by atoms with van der Waals surface area (Å²) in [6.07, 6.45) is 2.34. The molecule has 1 heterocycles. The normalized spacial score (nSPS) is 25.3. The van der Waals surface area contributed by atoms with Crippen molar-refractivity contribution in [2.75, 3.05) is 17.7 Å². The van der Waals surface area contributed by atoms with Crippen LogP contribution in [0.3, 0.4) is 0 Å². The minimum Gasteiger partial charge on any atom is -0.469 e. The maximum atomic E-state index is 12.6. The summed E-state index contributed by atoms with van der Waals surface area (Å²) in [6.45, 7) is 0. The van der Waals surface area contributed by atoms with Crippen molar-refractivity contribution < 1.29 is 9.53 Å². The fourth-order valence-electron chi connectivity index (χ4n) is 3.74. The molecule has 3 atom stereocenters. The highest BCUT2D eigenvalue weighted by Gasteiger charge is 2.48. The summed E-state index contributed by atoms with van der Waals surface area (Å²) in [4.78, 5) is 12.6. The van der Waals surface area contributed by atoms with Crippen LogP contribution in [0.2, 0.25) is 0 Å². The fourth-order valence-corrected chi connectivity index (χ4v) is 3.74. The quantitative estimate of drug-likeness (QED) is 0.840. The molecule has 0 aromatic heterocycles. The zero-order valence-electron chi connectivity index (χ0n) is 13.7. The fraction of sp³-hybridized carbons (Fsp3) is 0.350. The number of carbonyl (C=O) groups excluding carboxylic acids is 1. The standard InChI is InChI=1S/C20H22N2O2/c1-24-20(23)17-18(13-11-12-13)22-16-10-6-5-9-15(16)19(17)21-14-7-3-2-4-8-14/h2-10,13,17-19,21-22H,11-12H2,1H3/t17-,18?,19?/m0/s1. The van der Waals surface area contributed by atoms with Gasteiger partial charge in [-0.25, -0.2) is 0 Å². The molecule has 0 saturated heterocycles. The number of nitrogens with one attached hydrogen (secondary N) is 2. The molecule has 24 heavy (non-hydrogen) atoms. The largest absolute Gasteiger partial charge is 0.469 e. The number of para-hydroxylation sites is 2. The molecule has 2 N–H and O–H groups in total. The molecule has 0 amide bonds. The summed E-state index contributed by atoms with van der Waals surface area (Å²) in [7, 11) is 1.48. The maximum Gasteiger partial charge on any atom is 0.313 e. The number of hydrogen-bond acceptors (Lipinski definition) is 4. The van der Waals surface area contributed by atoms with Crippen LogP contribution in [-0.2, 0) is 9.53 Å². The van der Waals surface area contributed by atoms with Gasteiger partial charge in [-0.1, -0.05) is 36.4 Å². The number of ether oxygens (including phenoxy) is 1. The van der Waals surface area contributed by atoms with E-state index in [2.05, 4.69) is 22.8 Å². The molecular formula is C20H22N2O2. The molecule has 0 spiro atoms. The first-order valence-electron chi connectivity index (χ1n) is 8.53. The summed E-state index contributed by atoms with van der Waals surface area (Å²) in [5, 5.41) is 7.17. The molecule has 2 aromatic rings. The number of esters is 1. The van der Waals surface area contributed by atoms with Crippen molar-refractivity contribution in [2.45, 2.75) is 24.9 Å². The Kier molecular flexibility index (Phi) is 3.89. The lowest BCUT2D eigenvalue weighted by Crippen LogP contribution is -2.46. The minimum absolute atomic E-state index is 0.0945. The van der Waals surface area contributed by atoms with E-state index < -0.39 is 0 Å². The van der Waals surface area contributed by atoms with E-state index in [0.29, 0.717) is 5.92 Å². The molecule has 0 bridgehead atoms. The Morgan fingerprint density at radius 3 is 2.50 bits per heavy atom. The average Bonchev–Trinajstić information content (AvgIpc) is 3.47. The Labute approximate surface area is 142 Å². The predicted octanol–water partition coefficient (Wildman–Crippen LogP) is 3.83. The maximum absolute atomic E-state index is 12.6. The zero-order valence-corrected chi connectivity index (χ0v) is 13.7. The van der Waals surface area contributed by atoms with E-state index in [1.54, 1.807) is 0 Å². The Balaban J connectivity index is 1.76. The van der Waals surface area contributed by atoms with E-state index in [9.17, 15) is 4.79 Å². The van der Waals surface area contributed by atoms with Gasteiger partial charge in [-0.3, -0.25) is 4.79 Å². The lowest BCUT2D eigenvalue weighted by molar-refractivity contribution is -0.147. The van der Waals surface area contributed by atoms with E-state index >= 15 is 0 Å². The number of benzene rings is 2. The molecule has 4 nitrogen and oxygen atoms in total. The molecular weight excluding hydrogens is 300 g/mol. The molecule has 4 rings (SSSR count). The van der Waals surface area contributed by atoms with Crippen LogP contribution in [0.1, 0.15) is 24.4 Å². The summed E-state index contributed by atoms with van der Waals surface area (Å²) in [6, 6.07) is 18.3. The van der Waals surface area contributed by atoms with Crippen LogP contribution in [-0.4, -0.2) is 19.1 Å². The van der Waals surface area contributed by atoms with Gasteiger partial charge in [-0.05, 0) is 42.5 Å². The number of hydrogen-bond donors (Lipinski definition) is 2. The Morgan fingerprint density at radius 2 is 1.79 bits per heavy atom. The van der Waals surface area contributed by atoms with Gasteiger partial charge >= 0.3 is 5.97 Å². The SMILES string of the molecule is COC(=O)[C@@H]1C(Nc2ccccc2)c2ccccc2NC1C1CC1. The molecule has 1 aliphatic carbocycles. The van der Waals surface area contributed by atoms with Crippen molar-refractivity contribution in [3.05, 3.63) is 60.2 Å². The van der Waals surface area contributed by atoms with Crippen molar-refractivity contribution in [1.82, 2.24) is 0 Å². The minimum atomic E-state index is -0.238. The Bertz CT molecular complexity index is 727. The number of methoxy groups -OCH3 is 1. The van der Waals surface area contributed by atoms with Crippen molar-refractivity contribution in [1.29, 1.82) is 0 Å². The molecule has 2 aliphatic rings. The molecule has 1 fully saturated rings. The number of rotatable bonds is 4. The van der Waals surface area contributed by atoms with Crippen LogP contribution in [0.5, 0.6) is 0 Å². The molecule has 2 aromatic carbocycles. The number of fused-ring (bicyclic) bond motifs is 1. The summed E-state index contributed by atoms with van der Waals surface area (Å²) in [5.74, 6) is 0.155. The first-order chi connectivity index (χ1) is 11.8. The smallest absolute Gasteiger partial charge is 0.313 e. The second kappa shape index (κ2) is 6.19. The van der Waals surface area contributed by atoms with Gasteiger partial charge in [0.1, 0.15) is 5.92 Å². The molecule has 1 aliphatic heterocycles. The van der Waals surface area contributed by atoms with Gasteiger partial charge in [-0.2, -0.15) is 0 Å². The van der Waals surface area contributed by atoms with E-state index in [1.807, 2.05) is 42.5 Å². The second-order valence-corrected chi connectivity index (χ2v) is 6.63. The number of anilines is 2. The molecule has 4 heteroatoms.